The normalized spacial score (nSPS) is 15.2. The van der Waals surface area contributed by atoms with Crippen LogP contribution in [0.1, 0.15) is 4.88 Å². The van der Waals surface area contributed by atoms with E-state index < -0.39 is 32.0 Å². The van der Waals surface area contributed by atoms with Gasteiger partial charge in [-0.2, -0.15) is 8.42 Å². The van der Waals surface area contributed by atoms with Gasteiger partial charge in [-0.3, -0.25) is 9.52 Å². The van der Waals surface area contributed by atoms with Crippen LogP contribution < -0.4 is 10.0 Å². The summed E-state index contributed by atoms with van der Waals surface area (Å²) in [7, 11) is -6.40. The molecule has 1 amide bonds. The lowest BCUT2D eigenvalue weighted by atomic mass is 10.1. The molecule has 2 aromatic carbocycles. The molecule has 14 heteroatoms. The van der Waals surface area contributed by atoms with Gasteiger partial charge in [-0.15, -0.1) is 15.7 Å². The van der Waals surface area contributed by atoms with Gasteiger partial charge >= 0.3 is 10.2 Å². The Labute approximate surface area is 216 Å². The van der Waals surface area contributed by atoms with Crippen molar-refractivity contribution in [1.29, 1.82) is 0 Å². The van der Waals surface area contributed by atoms with E-state index in [0.29, 0.717) is 10.6 Å². The fourth-order valence-electron chi connectivity index (χ4n) is 3.20. The van der Waals surface area contributed by atoms with Crippen molar-refractivity contribution in [3.05, 3.63) is 82.1 Å². The number of sulfonamides is 1. The lowest BCUT2D eigenvalue weighted by molar-refractivity contribution is -0.113. The summed E-state index contributed by atoms with van der Waals surface area (Å²) in [6.07, 6.45) is 2.40. The summed E-state index contributed by atoms with van der Waals surface area (Å²) in [5.74, 6) is -1.41. The van der Waals surface area contributed by atoms with Crippen LogP contribution in [0, 0.1) is 5.82 Å². The maximum atomic E-state index is 13.4. The highest BCUT2D eigenvalue weighted by Gasteiger charge is 2.30. The fourth-order valence-corrected chi connectivity index (χ4v) is 5.88. The van der Waals surface area contributed by atoms with Gasteiger partial charge in [0.2, 0.25) is 10.0 Å². The van der Waals surface area contributed by atoms with Gasteiger partial charge in [0, 0.05) is 23.3 Å². The molecular weight excluding hydrogens is 551 g/mol. The van der Waals surface area contributed by atoms with Gasteiger partial charge in [-0.1, -0.05) is 23.7 Å². The van der Waals surface area contributed by atoms with Crippen LogP contribution in [0.2, 0.25) is 5.02 Å². The summed E-state index contributed by atoms with van der Waals surface area (Å²) in [6, 6.07) is 13.7. The summed E-state index contributed by atoms with van der Waals surface area (Å²) in [4.78, 5) is 14.1. The SMILES string of the molecule is CN1C(C(=O)Nc2ccc(F)c(Cl)c2)=CC(c2ccc(-c3ccc(NS(C)(=O)=O)cc3)s2)=NS1(=O)=O. The summed E-state index contributed by atoms with van der Waals surface area (Å²) >= 11 is 7.00. The molecule has 1 aliphatic heterocycles. The summed E-state index contributed by atoms with van der Waals surface area (Å²) in [6.45, 7) is 0. The number of amides is 1. The number of rotatable bonds is 6. The lowest BCUT2D eigenvalue weighted by Gasteiger charge is -2.23. The Hall–Kier alpha value is -3.26. The Bertz CT molecular complexity index is 1630. The van der Waals surface area contributed by atoms with Gasteiger partial charge in [0.15, 0.2) is 0 Å². The Kier molecular flexibility index (Phi) is 6.92. The molecule has 2 heterocycles. The number of benzene rings is 2. The third kappa shape index (κ3) is 5.75. The smallest absolute Gasteiger partial charge is 0.321 e. The standard InChI is InChI=1S/C22H18ClFN4O5S3/c1-28-19(22(29)25-15-7-8-17(24)16(23)11-15)12-18(27-36(28,32)33)21-10-9-20(34-21)13-3-5-14(6-4-13)26-35(2,30)31/h3-12,26H,1-2H3,(H,25,29). The van der Waals surface area contributed by atoms with Crippen LogP contribution in [0.15, 0.2) is 70.8 Å². The van der Waals surface area contributed by atoms with Gasteiger partial charge < -0.3 is 5.32 Å². The van der Waals surface area contributed by atoms with Crippen LogP contribution in [-0.4, -0.2) is 46.1 Å². The van der Waals surface area contributed by atoms with Gasteiger partial charge in [0.05, 0.1) is 21.9 Å². The molecule has 0 saturated heterocycles. The second-order valence-corrected chi connectivity index (χ2v) is 12.5. The average molecular weight is 569 g/mol. The van der Waals surface area contributed by atoms with Crippen LogP contribution in [-0.2, 0) is 25.0 Å². The zero-order chi connectivity index (χ0) is 26.3. The maximum Gasteiger partial charge on any atom is 0.345 e. The van der Waals surface area contributed by atoms with Crippen LogP contribution in [0.25, 0.3) is 10.4 Å². The van der Waals surface area contributed by atoms with Crippen molar-refractivity contribution in [3.8, 4) is 10.4 Å². The van der Waals surface area contributed by atoms with Gasteiger partial charge in [0.1, 0.15) is 11.5 Å². The van der Waals surface area contributed by atoms with E-state index in [1.54, 1.807) is 36.4 Å². The first-order valence-electron chi connectivity index (χ1n) is 10.1. The molecular formula is C22H18ClFN4O5S3. The monoisotopic (exact) mass is 568 g/mol. The molecule has 0 saturated carbocycles. The molecule has 2 N–H and O–H groups in total. The number of carbonyl (C=O) groups excluding carboxylic acids is 1. The topological polar surface area (TPSA) is 125 Å². The van der Waals surface area contributed by atoms with E-state index in [1.807, 2.05) is 0 Å². The third-order valence-corrected chi connectivity index (χ3v) is 8.28. The summed E-state index contributed by atoms with van der Waals surface area (Å²) < 4.78 is 68.4. The Morgan fingerprint density at radius 3 is 2.33 bits per heavy atom. The molecule has 0 fully saturated rings. The zero-order valence-corrected chi connectivity index (χ0v) is 21.9. The van der Waals surface area contributed by atoms with E-state index in [-0.39, 0.29) is 22.1 Å². The average Bonchev–Trinajstić information content (AvgIpc) is 3.28. The van der Waals surface area contributed by atoms with E-state index in [0.717, 1.165) is 27.1 Å². The lowest BCUT2D eigenvalue weighted by Crippen LogP contribution is -2.35. The number of carbonyl (C=O) groups is 1. The van der Waals surface area contributed by atoms with Gasteiger partial charge in [-0.05, 0) is 54.1 Å². The molecule has 188 valence electrons. The van der Waals surface area contributed by atoms with E-state index in [9.17, 15) is 26.0 Å². The molecule has 9 nitrogen and oxygen atoms in total. The molecule has 0 atom stereocenters. The largest absolute Gasteiger partial charge is 0.345 e. The molecule has 0 radical (unpaired) electrons. The van der Waals surface area contributed by atoms with Crippen LogP contribution >= 0.6 is 22.9 Å². The Morgan fingerprint density at radius 2 is 1.69 bits per heavy atom. The molecule has 0 aliphatic carbocycles. The summed E-state index contributed by atoms with van der Waals surface area (Å²) in [5, 5.41) is 2.31. The molecule has 0 bridgehead atoms. The number of thiophene rings is 1. The number of hydrogen-bond donors (Lipinski definition) is 2. The van der Waals surface area contributed by atoms with Crippen molar-refractivity contribution in [3.63, 3.8) is 0 Å². The fraction of sp³-hybridized carbons (Fsp3) is 0.0909. The molecule has 0 spiro atoms. The van der Waals surface area contributed by atoms with Gasteiger partial charge in [-0.25, -0.2) is 17.1 Å². The summed E-state index contributed by atoms with van der Waals surface area (Å²) in [5.41, 5.74) is 1.25. The highest BCUT2D eigenvalue weighted by Crippen LogP contribution is 2.32. The number of likely N-dealkylation sites (N-methyl/N-ethyl adjacent to an activating group) is 1. The van der Waals surface area contributed by atoms with Crippen molar-refractivity contribution >= 4 is 66.2 Å². The number of allylic oxidation sites excluding steroid dienone is 1. The van der Waals surface area contributed by atoms with Crippen molar-refractivity contribution in [2.75, 3.05) is 23.3 Å². The minimum absolute atomic E-state index is 0.0713. The number of hydrogen-bond acceptors (Lipinski definition) is 6. The van der Waals surface area contributed by atoms with E-state index >= 15 is 0 Å². The first-order valence-corrected chi connectivity index (χ1v) is 14.6. The van der Waals surface area contributed by atoms with Crippen molar-refractivity contribution in [2.45, 2.75) is 0 Å². The number of nitrogens with one attached hydrogen (secondary N) is 2. The zero-order valence-electron chi connectivity index (χ0n) is 18.7. The number of nitrogens with zero attached hydrogens (tertiary/aromatic N) is 2. The van der Waals surface area contributed by atoms with E-state index in [4.69, 9.17) is 11.6 Å². The maximum absolute atomic E-state index is 13.4. The van der Waals surface area contributed by atoms with E-state index in [1.165, 1.54) is 36.6 Å². The number of anilines is 2. The first kappa shape index (κ1) is 25.8. The minimum Gasteiger partial charge on any atom is -0.321 e. The van der Waals surface area contributed by atoms with E-state index in [2.05, 4.69) is 14.4 Å². The van der Waals surface area contributed by atoms with Crippen molar-refractivity contribution in [1.82, 2.24) is 4.31 Å². The highest BCUT2D eigenvalue weighted by molar-refractivity contribution is 7.92. The van der Waals surface area contributed by atoms with Crippen LogP contribution in [0.5, 0.6) is 0 Å². The first-order chi connectivity index (χ1) is 16.8. The second kappa shape index (κ2) is 9.65. The van der Waals surface area contributed by atoms with Gasteiger partial charge in [0.25, 0.3) is 5.91 Å². The van der Waals surface area contributed by atoms with Crippen molar-refractivity contribution in [2.24, 2.45) is 4.40 Å². The molecule has 1 aromatic heterocycles. The Balaban J connectivity index is 1.61. The predicted octanol–water partition coefficient (Wildman–Crippen LogP) is 4.08. The molecule has 3 aromatic rings. The predicted molar refractivity (Wildman–Crippen MR) is 140 cm³/mol. The third-order valence-electron chi connectivity index (χ3n) is 4.91. The minimum atomic E-state index is -4.19. The van der Waals surface area contributed by atoms with Crippen LogP contribution in [0.3, 0.4) is 0 Å². The molecule has 1 aliphatic rings. The molecule has 0 unspecified atom stereocenters. The molecule has 36 heavy (non-hydrogen) atoms. The molecule has 4 rings (SSSR count). The second-order valence-electron chi connectivity index (χ2n) is 7.65. The van der Waals surface area contributed by atoms with Crippen molar-refractivity contribution < 1.29 is 26.0 Å². The highest BCUT2D eigenvalue weighted by atomic mass is 35.5. The number of halogens is 2. The Morgan fingerprint density at radius 1 is 1.06 bits per heavy atom. The quantitative estimate of drug-likeness (QED) is 0.463. The van der Waals surface area contributed by atoms with Crippen LogP contribution in [0.4, 0.5) is 15.8 Å².